The Bertz CT molecular complexity index is 1760. The Morgan fingerprint density at radius 1 is 1.14 bits per heavy atom. The van der Waals surface area contributed by atoms with Crippen molar-refractivity contribution in [2.24, 2.45) is 0 Å². The molecule has 1 fully saturated rings. The number of anilines is 1. The van der Waals surface area contributed by atoms with E-state index in [2.05, 4.69) is 17.1 Å². The van der Waals surface area contributed by atoms with Crippen LogP contribution in [0.2, 0.25) is 5.02 Å². The minimum atomic E-state index is -0.942. The Kier molecular flexibility index (Phi) is 8.93. The second-order valence-corrected chi connectivity index (χ2v) is 13.2. The molecular formula is C33H30ClN3O5S2. The van der Waals surface area contributed by atoms with Gasteiger partial charge in [-0.15, -0.1) is 10.2 Å². The Labute approximate surface area is 268 Å². The molecule has 2 aliphatic heterocycles. The first-order chi connectivity index (χ1) is 21.3. The highest BCUT2D eigenvalue weighted by Crippen LogP contribution is 2.45. The number of hydrogen-bond acceptors (Lipinski definition) is 9. The number of rotatable bonds is 10. The highest BCUT2D eigenvalue weighted by atomic mass is 35.5. The molecule has 1 aromatic heterocycles. The average Bonchev–Trinajstić information content (AvgIpc) is 3.71. The lowest BCUT2D eigenvalue weighted by atomic mass is 9.94. The molecule has 0 spiro atoms. The van der Waals surface area contributed by atoms with Crippen molar-refractivity contribution in [1.82, 2.24) is 10.2 Å². The number of unbranched alkanes of at least 4 members (excludes halogenated alkanes) is 1. The molecule has 226 valence electrons. The Balaban J connectivity index is 1.39. The van der Waals surface area contributed by atoms with Crippen LogP contribution >= 0.6 is 34.7 Å². The van der Waals surface area contributed by atoms with Crippen LogP contribution in [-0.4, -0.2) is 39.7 Å². The zero-order chi connectivity index (χ0) is 30.8. The summed E-state index contributed by atoms with van der Waals surface area (Å²) in [5, 5.41) is 21.2. The summed E-state index contributed by atoms with van der Waals surface area (Å²) in [6, 6.07) is 19.2. The molecule has 0 bridgehead atoms. The van der Waals surface area contributed by atoms with Crippen molar-refractivity contribution in [2.75, 3.05) is 11.5 Å². The van der Waals surface area contributed by atoms with Crippen molar-refractivity contribution in [3.63, 3.8) is 0 Å². The van der Waals surface area contributed by atoms with E-state index in [9.17, 15) is 14.7 Å². The first-order valence-electron chi connectivity index (χ1n) is 14.4. The summed E-state index contributed by atoms with van der Waals surface area (Å²) in [5.41, 5.74) is 2.91. The van der Waals surface area contributed by atoms with Crippen LogP contribution in [0.15, 0.2) is 76.6 Å². The predicted octanol–water partition coefficient (Wildman–Crippen LogP) is 7.61. The standard InChI is InChI=1S/C33H30ClN3O5S2/c1-3-4-14-41-24-10-7-9-20(17-24)28-27(29(38)21-12-13-26-23(16-21)15-19(2)42-26)30(39)31(40)37(28)32-35-36-33(44-32)43-18-22-8-5-6-11-25(22)34/h5-13,16-17,19,28,38H,3-4,14-15,18H2,1-2H3/t19-,28+/m0/s1. The Hall–Kier alpha value is -3.86. The van der Waals surface area contributed by atoms with Crippen LogP contribution in [-0.2, 0) is 21.8 Å². The van der Waals surface area contributed by atoms with Crippen molar-refractivity contribution in [1.29, 1.82) is 0 Å². The van der Waals surface area contributed by atoms with Gasteiger partial charge < -0.3 is 14.6 Å². The second-order valence-electron chi connectivity index (χ2n) is 10.6. The van der Waals surface area contributed by atoms with E-state index in [1.165, 1.54) is 28.0 Å². The number of aliphatic hydroxyl groups excluding tert-OH is 1. The normalized spacial score (nSPS) is 18.8. The summed E-state index contributed by atoms with van der Waals surface area (Å²) < 4.78 is 12.4. The molecule has 0 radical (unpaired) electrons. The van der Waals surface area contributed by atoms with Crippen molar-refractivity contribution in [2.45, 2.75) is 55.3 Å². The lowest BCUT2D eigenvalue weighted by Gasteiger charge is -2.23. The number of benzene rings is 3. The van der Waals surface area contributed by atoms with Gasteiger partial charge in [0.15, 0.2) is 4.34 Å². The third-order valence-corrected chi connectivity index (χ3v) is 9.94. The van der Waals surface area contributed by atoms with Gasteiger partial charge in [0, 0.05) is 22.8 Å². The molecule has 0 aliphatic carbocycles. The molecule has 1 N–H and O–H groups in total. The number of hydrogen-bond donors (Lipinski definition) is 1. The lowest BCUT2D eigenvalue weighted by Crippen LogP contribution is -2.29. The molecule has 2 atom stereocenters. The number of amides is 1. The smallest absolute Gasteiger partial charge is 0.301 e. The molecule has 0 unspecified atom stereocenters. The Morgan fingerprint density at radius 2 is 1.98 bits per heavy atom. The number of carbonyl (C=O) groups is 2. The summed E-state index contributed by atoms with van der Waals surface area (Å²) >= 11 is 8.97. The van der Waals surface area contributed by atoms with Crippen molar-refractivity contribution in [3.05, 3.63) is 99.6 Å². The number of aromatic nitrogens is 2. The van der Waals surface area contributed by atoms with Gasteiger partial charge >= 0.3 is 5.91 Å². The number of Topliss-reactive ketones (excluding diaryl/α,β-unsaturated/α-hetero) is 1. The minimum Gasteiger partial charge on any atom is -0.507 e. The number of halogens is 1. The summed E-state index contributed by atoms with van der Waals surface area (Å²) in [5.74, 6) is 0.0839. The highest BCUT2D eigenvalue weighted by Gasteiger charge is 2.48. The van der Waals surface area contributed by atoms with E-state index in [1.807, 2.05) is 55.5 Å². The van der Waals surface area contributed by atoms with Crippen LogP contribution in [0.5, 0.6) is 11.5 Å². The van der Waals surface area contributed by atoms with Crippen LogP contribution in [0.1, 0.15) is 55.0 Å². The van der Waals surface area contributed by atoms with Gasteiger partial charge in [-0.25, -0.2) is 0 Å². The van der Waals surface area contributed by atoms with Crippen LogP contribution in [0.4, 0.5) is 5.13 Å². The summed E-state index contributed by atoms with van der Waals surface area (Å²) in [4.78, 5) is 28.7. The number of ketones is 1. The molecule has 8 nitrogen and oxygen atoms in total. The zero-order valence-corrected chi connectivity index (χ0v) is 26.5. The molecule has 3 aromatic carbocycles. The van der Waals surface area contributed by atoms with E-state index < -0.39 is 17.7 Å². The fourth-order valence-electron chi connectivity index (χ4n) is 5.29. The van der Waals surface area contributed by atoms with Gasteiger partial charge in [0.2, 0.25) is 5.13 Å². The molecule has 11 heteroatoms. The van der Waals surface area contributed by atoms with Crippen LogP contribution in [0.25, 0.3) is 5.76 Å². The van der Waals surface area contributed by atoms with E-state index in [4.69, 9.17) is 21.1 Å². The van der Waals surface area contributed by atoms with Gasteiger partial charge in [-0.1, -0.05) is 78.4 Å². The van der Waals surface area contributed by atoms with E-state index in [1.54, 1.807) is 18.2 Å². The lowest BCUT2D eigenvalue weighted by molar-refractivity contribution is -0.132. The summed E-state index contributed by atoms with van der Waals surface area (Å²) in [6.07, 6.45) is 2.58. The number of nitrogens with zero attached hydrogens (tertiary/aromatic N) is 3. The topological polar surface area (TPSA) is 102 Å². The van der Waals surface area contributed by atoms with Gasteiger partial charge in [0.05, 0.1) is 18.2 Å². The van der Waals surface area contributed by atoms with Crippen molar-refractivity contribution in [3.8, 4) is 11.5 Å². The third kappa shape index (κ3) is 6.06. The van der Waals surface area contributed by atoms with Gasteiger partial charge in [0.1, 0.15) is 23.4 Å². The van der Waals surface area contributed by atoms with Crippen molar-refractivity contribution < 1.29 is 24.2 Å². The molecule has 1 amide bonds. The predicted molar refractivity (Wildman–Crippen MR) is 173 cm³/mol. The van der Waals surface area contributed by atoms with Gasteiger partial charge in [-0.3, -0.25) is 14.5 Å². The first kappa shape index (κ1) is 30.2. The maximum absolute atomic E-state index is 13.7. The van der Waals surface area contributed by atoms with Gasteiger partial charge in [-0.05, 0) is 66.4 Å². The summed E-state index contributed by atoms with van der Waals surface area (Å²) in [6.45, 7) is 4.60. The fraction of sp³-hybridized carbons (Fsp3) is 0.273. The van der Waals surface area contributed by atoms with E-state index in [0.29, 0.717) is 45.0 Å². The molecule has 1 saturated heterocycles. The first-order valence-corrected chi connectivity index (χ1v) is 16.6. The van der Waals surface area contributed by atoms with E-state index in [0.717, 1.165) is 29.7 Å². The molecule has 44 heavy (non-hydrogen) atoms. The maximum atomic E-state index is 13.7. The molecule has 4 aromatic rings. The quantitative estimate of drug-likeness (QED) is 0.0469. The van der Waals surface area contributed by atoms with Crippen LogP contribution in [0.3, 0.4) is 0 Å². The second kappa shape index (κ2) is 13.0. The SMILES string of the molecule is CCCCOc1cccc([C@@H]2C(=C(O)c3ccc4c(c3)C[C@H](C)O4)C(=O)C(=O)N2c2nnc(SCc3ccccc3Cl)s2)c1. The number of aliphatic hydroxyl groups is 1. The van der Waals surface area contributed by atoms with Gasteiger partial charge in [-0.2, -0.15) is 0 Å². The van der Waals surface area contributed by atoms with Crippen LogP contribution < -0.4 is 14.4 Å². The molecule has 6 rings (SSSR count). The summed E-state index contributed by atoms with van der Waals surface area (Å²) in [7, 11) is 0. The fourth-order valence-corrected chi connectivity index (χ4v) is 7.45. The van der Waals surface area contributed by atoms with Crippen LogP contribution in [0, 0.1) is 0 Å². The monoisotopic (exact) mass is 647 g/mol. The number of carbonyl (C=O) groups excluding carboxylic acids is 2. The number of fused-ring (bicyclic) bond motifs is 1. The highest BCUT2D eigenvalue weighted by molar-refractivity contribution is 8.00. The van der Waals surface area contributed by atoms with Gasteiger partial charge in [0.25, 0.3) is 5.78 Å². The number of thioether (sulfide) groups is 1. The van der Waals surface area contributed by atoms with Crippen molar-refractivity contribution >= 4 is 57.3 Å². The largest absolute Gasteiger partial charge is 0.507 e. The minimum absolute atomic E-state index is 0.0193. The maximum Gasteiger partial charge on any atom is 0.301 e. The Morgan fingerprint density at radius 3 is 2.80 bits per heavy atom. The molecule has 2 aliphatic rings. The molecule has 3 heterocycles. The van der Waals surface area contributed by atoms with E-state index >= 15 is 0 Å². The molecular weight excluding hydrogens is 618 g/mol. The average molecular weight is 648 g/mol. The van der Waals surface area contributed by atoms with E-state index in [-0.39, 0.29) is 22.6 Å². The number of ether oxygens (including phenoxy) is 2. The molecule has 0 saturated carbocycles. The zero-order valence-electron chi connectivity index (χ0n) is 24.2. The third-order valence-electron chi connectivity index (χ3n) is 7.47.